The lowest BCUT2D eigenvalue weighted by molar-refractivity contribution is 0.0224. The molecule has 2 heterocycles. The van der Waals surface area contributed by atoms with E-state index in [2.05, 4.69) is 11.8 Å². The van der Waals surface area contributed by atoms with E-state index in [4.69, 9.17) is 26.8 Å². The first-order valence-corrected chi connectivity index (χ1v) is 11.5. The Kier molecular flexibility index (Phi) is 4.57. The number of halogens is 1. The molecular weight excluding hydrogens is 448 g/mol. The van der Waals surface area contributed by atoms with Crippen molar-refractivity contribution in [3.63, 3.8) is 0 Å². The maximum absolute atomic E-state index is 13.0. The number of fused-ring (bicyclic) bond motifs is 6. The van der Waals surface area contributed by atoms with Crippen molar-refractivity contribution in [2.75, 3.05) is 17.2 Å². The summed E-state index contributed by atoms with van der Waals surface area (Å²) in [5, 5.41) is 0.688. The number of hydrogen-bond donors (Lipinski definition) is 1. The standard InChI is InChI=1S/C28H21ClN2O3/c1-2-31(19-10-7-17(29)8-11-19)20-12-13-23-26(16-20)33-25-14-9-18(30)15-24(25)28(23)22-6-4-3-5-21(22)27(32)34-28/h3-16H,2,30H2,1H3. The molecule has 0 radical (unpaired) electrons. The summed E-state index contributed by atoms with van der Waals surface area (Å²) in [4.78, 5) is 15.1. The number of ether oxygens (including phenoxy) is 2. The van der Waals surface area contributed by atoms with Crippen LogP contribution in [-0.2, 0) is 10.3 Å². The highest BCUT2D eigenvalue weighted by Crippen LogP contribution is 2.57. The molecule has 4 aromatic rings. The quantitative estimate of drug-likeness (QED) is 0.269. The van der Waals surface area contributed by atoms with Crippen molar-refractivity contribution in [3.8, 4) is 11.5 Å². The second-order valence-corrected chi connectivity index (χ2v) is 8.81. The largest absolute Gasteiger partial charge is 0.456 e. The number of hydrogen-bond acceptors (Lipinski definition) is 5. The van der Waals surface area contributed by atoms with Crippen LogP contribution in [0, 0.1) is 0 Å². The first-order chi connectivity index (χ1) is 16.5. The smallest absolute Gasteiger partial charge is 0.340 e. The molecule has 4 aromatic carbocycles. The molecule has 0 saturated carbocycles. The summed E-state index contributed by atoms with van der Waals surface area (Å²) in [6, 6.07) is 26.6. The van der Waals surface area contributed by atoms with Crippen molar-refractivity contribution < 1.29 is 14.3 Å². The molecular formula is C28H21ClN2O3. The summed E-state index contributed by atoms with van der Waals surface area (Å²) in [5.41, 5.74) is 10.4. The van der Waals surface area contributed by atoms with Gasteiger partial charge in [-0.3, -0.25) is 0 Å². The molecule has 2 aliphatic rings. The zero-order valence-corrected chi connectivity index (χ0v) is 19.2. The minimum absolute atomic E-state index is 0.364. The fourth-order valence-electron chi connectivity index (χ4n) is 4.98. The van der Waals surface area contributed by atoms with Crippen LogP contribution in [0.15, 0.2) is 84.9 Å². The SMILES string of the molecule is CCN(c1ccc(Cl)cc1)c1ccc2c(c1)Oc1ccc(N)cc1C21OC(=O)c2ccccc21. The van der Waals surface area contributed by atoms with Gasteiger partial charge in [0.1, 0.15) is 11.5 Å². The molecule has 0 saturated heterocycles. The van der Waals surface area contributed by atoms with Crippen molar-refractivity contribution >= 4 is 34.6 Å². The molecule has 0 bridgehead atoms. The van der Waals surface area contributed by atoms with Crippen molar-refractivity contribution in [2.45, 2.75) is 12.5 Å². The van der Waals surface area contributed by atoms with Gasteiger partial charge in [-0.25, -0.2) is 4.79 Å². The molecule has 2 aliphatic heterocycles. The third kappa shape index (κ3) is 2.90. The van der Waals surface area contributed by atoms with Crippen LogP contribution < -0.4 is 15.4 Å². The topological polar surface area (TPSA) is 64.8 Å². The summed E-state index contributed by atoms with van der Waals surface area (Å²) in [7, 11) is 0. The summed E-state index contributed by atoms with van der Waals surface area (Å²) in [6.45, 7) is 2.83. The fraction of sp³-hybridized carbons (Fsp3) is 0.107. The molecule has 1 spiro atoms. The molecule has 168 valence electrons. The van der Waals surface area contributed by atoms with E-state index in [1.54, 1.807) is 12.1 Å². The van der Waals surface area contributed by atoms with Crippen LogP contribution in [0.25, 0.3) is 0 Å². The number of esters is 1. The van der Waals surface area contributed by atoms with Gasteiger partial charge < -0.3 is 20.1 Å². The number of nitrogen functional groups attached to an aromatic ring is 1. The number of rotatable bonds is 3. The Bertz CT molecular complexity index is 1450. The van der Waals surface area contributed by atoms with Crippen LogP contribution in [0.4, 0.5) is 17.1 Å². The lowest BCUT2D eigenvalue weighted by Gasteiger charge is -2.37. The Morgan fingerprint density at radius 3 is 2.41 bits per heavy atom. The van der Waals surface area contributed by atoms with Gasteiger partial charge in [0, 0.05) is 51.4 Å². The molecule has 2 N–H and O–H groups in total. The van der Waals surface area contributed by atoms with Crippen LogP contribution >= 0.6 is 11.6 Å². The number of benzene rings is 4. The van der Waals surface area contributed by atoms with E-state index in [9.17, 15) is 4.79 Å². The van der Waals surface area contributed by atoms with Crippen LogP contribution in [0.2, 0.25) is 5.02 Å². The Hall–Kier alpha value is -3.96. The van der Waals surface area contributed by atoms with Gasteiger partial charge in [0.25, 0.3) is 0 Å². The highest BCUT2D eigenvalue weighted by molar-refractivity contribution is 6.30. The molecule has 34 heavy (non-hydrogen) atoms. The van der Waals surface area contributed by atoms with Gasteiger partial charge in [-0.05, 0) is 67.6 Å². The second-order valence-electron chi connectivity index (χ2n) is 8.38. The van der Waals surface area contributed by atoms with Crippen molar-refractivity contribution in [1.82, 2.24) is 0 Å². The van der Waals surface area contributed by atoms with Gasteiger partial charge in [-0.2, -0.15) is 0 Å². The normalized spacial score (nSPS) is 17.4. The van der Waals surface area contributed by atoms with Crippen LogP contribution in [0.3, 0.4) is 0 Å². The minimum atomic E-state index is -1.12. The molecule has 6 heteroatoms. The molecule has 6 rings (SSSR count). The van der Waals surface area contributed by atoms with Crippen molar-refractivity contribution in [3.05, 3.63) is 112 Å². The Morgan fingerprint density at radius 2 is 1.62 bits per heavy atom. The lowest BCUT2D eigenvalue weighted by atomic mass is 9.77. The number of carbonyl (C=O) groups excluding carboxylic acids is 1. The van der Waals surface area contributed by atoms with E-state index >= 15 is 0 Å². The van der Waals surface area contributed by atoms with E-state index in [0.29, 0.717) is 27.8 Å². The number of nitrogens with zero attached hydrogens (tertiary/aromatic N) is 1. The van der Waals surface area contributed by atoms with Crippen molar-refractivity contribution in [2.24, 2.45) is 0 Å². The zero-order valence-electron chi connectivity index (χ0n) is 18.4. The average Bonchev–Trinajstić information content (AvgIpc) is 3.14. The maximum atomic E-state index is 13.0. The predicted molar refractivity (Wildman–Crippen MR) is 133 cm³/mol. The minimum Gasteiger partial charge on any atom is -0.456 e. The highest BCUT2D eigenvalue weighted by atomic mass is 35.5. The molecule has 1 atom stereocenters. The molecule has 1 unspecified atom stereocenters. The van der Waals surface area contributed by atoms with Gasteiger partial charge in [0.2, 0.25) is 0 Å². The van der Waals surface area contributed by atoms with Gasteiger partial charge in [-0.15, -0.1) is 0 Å². The summed E-state index contributed by atoms with van der Waals surface area (Å²) in [5.74, 6) is 0.877. The second kappa shape index (κ2) is 7.54. The highest BCUT2D eigenvalue weighted by Gasteiger charge is 2.53. The first-order valence-electron chi connectivity index (χ1n) is 11.1. The first kappa shape index (κ1) is 20.6. The zero-order chi connectivity index (χ0) is 23.4. The van der Waals surface area contributed by atoms with Crippen LogP contribution in [-0.4, -0.2) is 12.5 Å². The van der Waals surface area contributed by atoms with Gasteiger partial charge in [-0.1, -0.05) is 29.8 Å². The Balaban J connectivity index is 1.56. The van der Waals surface area contributed by atoms with Gasteiger partial charge in [0.05, 0.1) is 5.56 Å². The maximum Gasteiger partial charge on any atom is 0.340 e. The predicted octanol–water partition coefficient (Wildman–Crippen LogP) is 6.65. The monoisotopic (exact) mass is 468 g/mol. The Labute approximate surface area is 202 Å². The summed E-state index contributed by atoms with van der Waals surface area (Å²) < 4.78 is 12.6. The molecule has 5 nitrogen and oxygen atoms in total. The van der Waals surface area contributed by atoms with E-state index in [-0.39, 0.29) is 5.97 Å². The average molecular weight is 469 g/mol. The number of anilines is 3. The Morgan fingerprint density at radius 1 is 0.853 bits per heavy atom. The molecule has 0 aromatic heterocycles. The summed E-state index contributed by atoms with van der Waals surface area (Å²) >= 11 is 6.09. The molecule has 0 amide bonds. The van der Waals surface area contributed by atoms with Crippen LogP contribution in [0.1, 0.15) is 34.0 Å². The third-order valence-electron chi connectivity index (χ3n) is 6.49. The molecule has 0 fully saturated rings. The van der Waals surface area contributed by atoms with Crippen molar-refractivity contribution in [1.29, 1.82) is 0 Å². The fourth-order valence-corrected chi connectivity index (χ4v) is 5.11. The van der Waals surface area contributed by atoms with Crippen LogP contribution in [0.5, 0.6) is 11.5 Å². The van der Waals surface area contributed by atoms with E-state index in [0.717, 1.165) is 34.6 Å². The van der Waals surface area contributed by atoms with Gasteiger partial charge >= 0.3 is 5.97 Å². The lowest BCUT2D eigenvalue weighted by Crippen LogP contribution is -2.33. The molecule has 0 aliphatic carbocycles. The van der Waals surface area contributed by atoms with Gasteiger partial charge in [0.15, 0.2) is 5.60 Å². The number of carbonyl (C=O) groups is 1. The third-order valence-corrected chi connectivity index (χ3v) is 6.74. The number of nitrogens with two attached hydrogens (primary N) is 1. The van der Waals surface area contributed by atoms with E-state index in [1.165, 1.54) is 0 Å². The van der Waals surface area contributed by atoms with E-state index in [1.807, 2.05) is 72.8 Å². The summed E-state index contributed by atoms with van der Waals surface area (Å²) in [6.07, 6.45) is 0. The van der Waals surface area contributed by atoms with E-state index < -0.39 is 5.60 Å².